The molecule has 4 rings (SSSR count). The zero-order valence-electron chi connectivity index (χ0n) is 19.7. The fourth-order valence-corrected chi connectivity index (χ4v) is 4.19. The number of hydrogen-bond donors (Lipinski definition) is 1. The van der Waals surface area contributed by atoms with E-state index in [1.54, 1.807) is 18.2 Å². The Hall–Kier alpha value is -3.86. The Balaban J connectivity index is 1.85. The molecule has 0 atom stereocenters. The van der Waals surface area contributed by atoms with Gasteiger partial charge in [0.25, 0.3) is 11.8 Å². The number of carbonyl (C=O) groups excluding carboxylic acids is 2. The lowest BCUT2D eigenvalue weighted by Crippen LogP contribution is -2.32. The Morgan fingerprint density at radius 3 is 2.18 bits per heavy atom. The van der Waals surface area contributed by atoms with Gasteiger partial charge in [-0.05, 0) is 69.5 Å². The Bertz CT molecular complexity index is 1290. The topological polar surface area (TPSA) is 58.6 Å². The first kappa shape index (κ1) is 22.3. The first-order chi connectivity index (χ1) is 15.8. The lowest BCUT2D eigenvalue weighted by Gasteiger charge is -2.17. The van der Waals surface area contributed by atoms with Crippen LogP contribution in [0.15, 0.2) is 66.4 Å². The number of ether oxygens (including phenoxy) is 1. The Labute approximate surface area is 194 Å². The van der Waals surface area contributed by atoms with Crippen LogP contribution in [0.3, 0.4) is 0 Å². The summed E-state index contributed by atoms with van der Waals surface area (Å²) in [5.41, 5.74) is 6.84. The molecule has 1 aliphatic heterocycles. The summed E-state index contributed by atoms with van der Waals surface area (Å²) in [4.78, 5) is 28.6. The lowest BCUT2D eigenvalue weighted by molar-refractivity contribution is -0.120. The molecule has 0 saturated carbocycles. The zero-order chi connectivity index (χ0) is 23.7. The van der Waals surface area contributed by atoms with Crippen LogP contribution in [-0.4, -0.2) is 18.4 Å². The monoisotopic (exact) mass is 440 g/mol. The fraction of sp³-hybridized carbons (Fsp3) is 0.214. The SMILES string of the molecule is CCOc1cccc(N2C(=O)C(Nc3ccc(C)cc3C)=C(c3ccc(C)cc3C)C2=O)c1. The Morgan fingerprint density at radius 2 is 1.52 bits per heavy atom. The smallest absolute Gasteiger partial charge is 0.282 e. The minimum atomic E-state index is -0.386. The summed E-state index contributed by atoms with van der Waals surface area (Å²) in [5, 5.41) is 3.28. The molecule has 0 spiro atoms. The summed E-state index contributed by atoms with van der Waals surface area (Å²) < 4.78 is 5.59. The molecule has 33 heavy (non-hydrogen) atoms. The number of nitrogens with zero attached hydrogens (tertiary/aromatic N) is 1. The molecule has 0 bridgehead atoms. The highest BCUT2D eigenvalue weighted by Crippen LogP contribution is 2.36. The molecular formula is C28H28N2O3. The minimum Gasteiger partial charge on any atom is -0.494 e. The second-order valence-corrected chi connectivity index (χ2v) is 8.39. The van der Waals surface area contributed by atoms with Crippen molar-refractivity contribution >= 4 is 28.8 Å². The van der Waals surface area contributed by atoms with Crippen molar-refractivity contribution in [1.29, 1.82) is 0 Å². The van der Waals surface area contributed by atoms with Gasteiger partial charge in [0, 0.05) is 11.8 Å². The molecule has 1 heterocycles. The number of hydrogen-bond acceptors (Lipinski definition) is 4. The van der Waals surface area contributed by atoms with Gasteiger partial charge in [-0.2, -0.15) is 0 Å². The second kappa shape index (κ2) is 8.94. The number of benzene rings is 3. The normalized spacial score (nSPS) is 13.7. The first-order valence-electron chi connectivity index (χ1n) is 11.1. The van der Waals surface area contributed by atoms with E-state index in [2.05, 4.69) is 5.32 Å². The van der Waals surface area contributed by atoms with Crippen molar-refractivity contribution in [2.45, 2.75) is 34.6 Å². The molecule has 1 N–H and O–H groups in total. The van der Waals surface area contributed by atoms with E-state index in [-0.39, 0.29) is 17.5 Å². The third-order valence-electron chi connectivity index (χ3n) is 5.76. The number of imide groups is 1. The highest BCUT2D eigenvalue weighted by atomic mass is 16.5. The zero-order valence-corrected chi connectivity index (χ0v) is 19.7. The summed E-state index contributed by atoms with van der Waals surface area (Å²) in [7, 11) is 0. The van der Waals surface area contributed by atoms with Gasteiger partial charge in [0.05, 0.1) is 17.9 Å². The molecule has 2 amide bonds. The summed E-state index contributed by atoms with van der Waals surface area (Å²) in [6.45, 7) is 10.4. The van der Waals surface area contributed by atoms with Gasteiger partial charge in [-0.15, -0.1) is 0 Å². The van der Waals surface area contributed by atoms with Gasteiger partial charge in [0.2, 0.25) is 0 Å². The molecule has 3 aromatic carbocycles. The van der Waals surface area contributed by atoms with Crippen molar-refractivity contribution in [3.63, 3.8) is 0 Å². The van der Waals surface area contributed by atoms with Crippen molar-refractivity contribution in [2.24, 2.45) is 0 Å². The largest absolute Gasteiger partial charge is 0.494 e. The number of anilines is 2. The van der Waals surface area contributed by atoms with E-state index in [1.807, 2.05) is 77.1 Å². The molecular weight excluding hydrogens is 412 g/mol. The van der Waals surface area contributed by atoms with Gasteiger partial charge in [-0.25, -0.2) is 4.90 Å². The summed E-state index contributed by atoms with van der Waals surface area (Å²) in [6.07, 6.45) is 0. The van der Waals surface area contributed by atoms with Crippen LogP contribution in [0, 0.1) is 27.7 Å². The predicted molar refractivity (Wildman–Crippen MR) is 132 cm³/mol. The minimum absolute atomic E-state index is 0.278. The molecule has 0 radical (unpaired) electrons. The fourth-order valence-electron chi connectivity index (χ4n) is 4.19. The lowest BCUT2D eigenvalue weighted by atomic mass is 9.97. The number of carbonyl (C=O) groups is 2. The molecule has 5 heteroatoms. The number of aryl methyl sites for hydroxylation is 4. The van der Waals surface area contributed by atoms with Crippen molar-refractivity contribution < 1.29 is 14.3 Å². The summed E-state index contributed by atoms with van der Waals surface area (Å²) in [6, 6.07) is 18.9. The maximum Gasteiger partial charge on any atom is 0.282 e. The number of rotatable bonds is 6. The van der Waals surface area contributed by atoms with Crippen LogP contribution in [0.25, 0.3) is 5.57 Å². The average Bonchev–Trinajstić information content (AvgIpc) is 3.00. The summed E-state index contributed by atoms with van der Waals surface area (Å²) >= 11 is 0. The molecule has 0 fully saturated rings. The molecule has 0 unspecified atom stereocenters. The third-order valence-corrected chi connectivity index (χ3v) is 5.76. The van der Waals surface area contributed by atoms with Crippen molar-refractivity contribution in [2.75, 3.05) is 16.8 Å². The predicted octanol–water partition coefficient (Wildman–Crippen LogP) is 5.72. The van der Waals surface area contributed by atoms with Gasteiger partial charge < -0.3 is 10.1 Å². The van der Waals surface area contributed by atoms with E-state index in [9.17, 15) is 9.59 Å². The van der Waals surface area contributed by atoms with E-state index < -0.39 is 0 Å². The van der Waals surface area contributed by atoms with E-state index in [0.717, 1.165) is 33.5 Å². The maximum absolute atomic E-state index is 13.7. The van der Waals surface area contributed by atoms with Gasteiger partial charge in [0.1, 0.15) is 11.4 Å². The van der Waals surface area contributed by atoms with Gasteiger partial charge in [0.15, 0.2) is 0 Å². The van der Waals surface area contributed by atoms with Gasteiger partial charge >= 0.3 is 0 Å². The maximum atomic E-state index is 13.7. The van der Waals surface area contributed by atoms with E-state index in [4.69, 9.17) is 4.74 Å². The highest BCUT2D eigenvalue weighted by Gasteiger charge is 2.41. The standard InChI is InChI=1S/C28H28N2O3/c1-6-33-22-9-7-8-21(16-22)30-27(31)25(23-12-10-17(2)14-19(23)4)26(28(30)32)29-24-13-11-18(3)15-20(24)5/h7-16,29H,6H2,1-5H3. The van der Waals surface area contributed by atoms with Gasteiger partial charge in [-0.3, -0.25) is 9.59 Å². The van der Waals surface area contributed by atoms with Crippen LogP contribution in [0.2, 0.25) is 0 Å². The summed E-state index contributed by atoms with van der Waals surface area (Å²) in [5.74, 6) is -0.129. The van der Waals surface area contributed by atoms with Crippen LogP contribution in [0.5, 0.6) is 5.75 Å². The molecule has 0 aliphatic carbocycles. The quantitative estimate of drug-likeness (QED) is 0.499. The van der Waals surface area contributed by atoms with E-state index >= 15 is 0 Å². The van der Waals surface area contributed by atoms with Crippen LogP contribution >= 0.6 is 0 Å². The van der Waals surface area contributed by atoms with Crippen LogP contribution < -0.4 is 15.0 Å². The van der Waals surface area contributed by atoms with Crippen LogP contribution in [-0.2, 0) is 9.59 Å². The van der Waals surface area contributed by atoms with Crippen LogP contribution in [0.4, 0.5) is 11.4 Å². The van der Waals surface area contributed by atoms with E-state index in [1.165, 1.54) is 4.90 Å². The Kier molecular flexibility index (Phi) is 6.05. The Morgan fingerprint density at radius 1 is 0.818 bits per heavy atom. The molecule has 0 saturated heterocycles. The average molecular weight is 441 g/mol. The van der Waals surface area contributed by atoms with Gasteiger partial charge in [-0.1, -0.05) is 47.5 Å². The highest BCUT2D eigenvalue weighted by molar-refractivity contribution is 6.46. The van der Waals surface area contributed by atoms with Crippen molar-refractivity contribution in [3.8, 4) is 5.75 Å². The second-order valence-electron chi connectivity index (χ2n) is 8.39. The third kappa shape index (κ3) is 4.27. The van der Waals surface area contributed by atoms with E-state index in [0.29, 0.717) is 23.6 Å². The van der Waals surface area contributed by atoms with Crippen molar-refractivity contribution in [1.82, 2.24) is 0 Å². The molecule has 0 aromatic heterocycles. The molecule has 3 aromatic rings. The van der Waals surface area contributed by atoms with Crippen molar-refractivity contribution in [3.05, 3.63) is 94.2 Å². The molecule has 5 nitrogen and oxygen atoms in total. The molecule has 1 aliphatic rings. The number of amides is 2. The van der Waals surface area contributed by atoms with Crippen LogP contribution in [0.1, 0.15) is 34.7 Å². The first-order valence-corrected chi connectivity index (χ1v) is 11.1. The molecule has 168 valence electrons. The number of nitrogens with one attached hydrogen (secondary N) is 1.